The van der Waals surface area contributed by atoms with Gasteiger partial charge < -0.3 is 10.4 Å². The van der Waals surface area contributed by atoms with Gasteiger partial charge in [0.25, 0.3) is 5.91 Å². The average molecular weight is 330 g/mol. The molecule has 1 unspecified atom stereocenters. The van der Waals surface area contributed by atoms with Crippen LogP contribution in [0.1, 0.15) is 55.6 Å². The highest BCUT2D eigenvalue weighted by molar-refractivity contribution is 5.90. The van der Waals surface area contributed by atoms with Gasteiger partial charge in [0.15, 0.2) is 0 Å². The first kappa shape index (κ1) is 18.1. The Morgan fingerprint density at radius 2 is 1.92 bits per heavy atom. The molecule has 0 radical (unpaired) electrons. The molecular formula is C18H26N4O2. The number of amides is 1. The van der Waals surface area contributed by atoms with Crippen molar-refractivity contribution in [1.82, 2.24) is 20.1 Å². The Kier molecular flexibility index (Phi) is 5.72. The molecule has 0 saturated carbocycles. The largest absolute Gasteiger partial charge is 0.391 e. The molecule has 130 valence electrons. The zero-order valence-corrected chi connectivity index (χ0v) is 14.9. The molecule has 1 atom stereocenters. The second kappa shape index (κ2) is 7.57. The molecule has 0 fully saturated rings. The van der Waals surface area contributed by atoms with E-state index < -0.39 is 6.10 Å². The average Bonchev–Trinajstić information content (AvgIpc) is 2.93. The maximum Gasteiger partial charge on any atom is 0.291 e. The molecule has 0 aliphatic carbocycles. The van der Waals surface area contributed by atoms with E-state index in [1.54, 1.807) is 4.68 Å². The van der Waals surface area contributed by atoms with Gasteiger partial charge in [-0.15, -0.1) is 5.10 Å². The van der Waals surface area contributed by atoms with Crippen LogP contribution in [-0.2, 0) is 0 Å². The van der Waals surface area contributed by atoms with Crippen LogP contribution in [0.3, 0.4) is 0 Å². The van der Waals surface area contributed by atoms with Gasteiger partial charge in [0.2, 0.25) is 5.82 Å². The van der Waals surface area contributed by atoms with Gasteiger partial charge in [-0.05, 0) is 30.4 Å². The van der Waals surface area contributed by atoms with Gasteiger partial charge >= 0.3 is 0 Å². The topological polar surface area (TPSA) is 80.0 Å². The Balaban J connectivity index is 2.23. The number of carbonyl (C=O) groups is 1. The molecule has 2 rings (SSSR count). The van der Waals surface area contributed by atoms with Crippen LogP contribution in [0.25, 0.3) is 5.69 Å². The van der Waals surface area contributed by atoms with Gasteiger partial charge in [-0.2, -0.15) is 0 Å². The van der Waals surface area contributed by atoms with Crippen LogP contribution in [0.15, 0.2) is 24.3 Å². The number of aliphatic hydroxyl groups excluding tert-OH is 1. The van der Waals surface area contributed by atoms with E-state index in [9.17, 15) is 9.90 Å². The summed E-state index contributed by atoms with van der Waals surface area (Å²) in [5, 5.41) is 16.8. The number of benzene rings is 1. The number of rotatable bonds is 6. The third-order valence-electron chi connectivity index (χ3n) is 4.00. The smallest absolute Gasteiger partial charge is 0.291 e. The highest BCUT2D eigenvalue weighted by atomic mass is 16.3. The van der Waals surface area contributed by atoms with Gasteiger partial charge in [-0.25, -0.2) is 9.67 Å². The second-order valence-corrected chi connectivity index (χ2v) is 6.63. The van der Waals surface area contributed by atoms with Crippen molar-refractivity contribution >= 4 is 5.91 Å². The van der Waals surface area contributed by atoms with Gasteiger partial charge in [0.05, 0.1) is 11.8 Å². The summed E-state index contributed by atoms with van der Waals surface area (Å²) in [6, 6.07) is 7.97. The van der Waals surface area contributed by atoms with Crippen molar-refractivity contribution in [2.75, 3.05) is 6.54 Å². The third kappa shape index (κ3) is 4.00. The molecule has 2 N–H and O–H groups in total. The summed E-state index contributed by atoms with van der Waals surface area (Å²) in [7, 11) is 0. The van der Waals surface area contributed by atoms with Gasteiger partial charge in [0, 0.05) is 6.54 Å². The van der Waals surface area contributed by atoms with Crippen LogP contribution in [0, 0.1) is 12.8 Å². The number of hydrogen-bond donors (Lipinski definition) is 2. The fourth-order valence-corrected chi connectivity index (χ4v) is 2.40. The van der Waals surface area contributed by atoms with Gasteiger partial charge in [-0.1, -0.05) is 45.9 Å². The minimum absolute atomic E-state index is 0.0791. The van der Waals surface area contributed by atoms with Crippen molar-refractivity contribution in [1.29, 1.82) is 0 Å². The summed E-state index contributed by atoms with van der Waals surface area (Å²) in [5.41, 5.74) is 2.08. The molecule has 6 nitrogen and oxygen atoms in total. The summed E-state index contributed by atoms with van der Waals surface area (Å²) in [6.07, 6.45) is -0.584. The zero-order chi connectivity index (χ0) is 17.9. The van der Waals surface area contributed by atoms with E-state index in [4.69, 9.17) is 0 Å². The quantitative estimate of drug-likeness (QED) is 0.852. The van der Waals surface area contributed by atoms with E-state index in [0.717, 1.165) is 11.3 Å². The molecule has 24 heavy (non-hydrogen) atoms. The lowest BCUT2D eigenvalue weighted by Crippen LogP contribution is -2.35. The standard InChI is InChI=1S/C18H26N4O2/c1-11(2)14-8-6-7-9-15(14)22-13(5)20-17(21-22)18(24)19-10-16(23)12(3)4/h6-9,11-12,16,23H,10H2,1-5H3,(H,19,24). The lowest BCUT2D eigenvalue weighted by Gasteiger charge is -2.14. The molecule has 2 aromatic rings. The van der Waals surface area contributed by atoms with E-state index in [1.165, 1.54) is 0 Å². The normalized spacial score (nSPS) is 12.7. The van der Waals surface area contributed by atoms with Crippen molar-refractivity contribution in [2.24, 2.45) is 5.92 Å². The first-order chi connectivity index (χ1) is 11.3. The maximum absolute atomic E-state index is 12.2. The molecular weight excluding hydrogens is 304 g/mol. The summed E-state index contributed by atoms with van der Waals surface area (Å²) < 4.78 is 1.70. The Hall–Kier alpha value is -2.21. The number of nitrogens with one attached hydrogen (secondary N) is 1. The Labute approximate surface area is 142 Å². The number of nitrogens with zero attached hydrogens (tertiary/aromatic N) is 3. The summed E-state index contributed by atoms with van der Waals surface area (Å²) in [6.45, 7) is 10.0. The summed E-state index contributed by atoms with van der Waals surface area (Å²) in [5.74, 6) is 0.803. The van der Waals surface area contributed by atoms with Crippen molar-refractivity contribution in [3.8, 4) is 5.69 Å². The minimum atomic E-state index is -0.584. The number of para-hydroxylation sites is 1. The molecule has 0 saturated heterocycles. The Morgan fingerprint density at radius 1 is 1.25 bits per heavy atom. The Morgan fingerprint density at radius 3 is 2.54 bits per heavy atom. The maximum atomic E-state index is 12.2. The predicted octanol–water partition coefficient (Wildman–Crippen LogP) is 2.45. The van der Waals surface area contributed by atoms with Crippen LogP contribution in [0.2, 0.25) is 0 Å². The van der Waals surface area contributed by atoms with E-state index in [0.29, 0.717) is 11.7 Å². The molecule has 0 spiro atoms. The number of aromatic nitrogens is 3. The monoisotopic (exact) mass is 330 g/mol. The van der Waals surface area contributed by atoms with Crippen molar-refractivity contribution in [3.63, 3.8) is 0 Å². The number of aryl methyl sites for hydroxylation is 1. The van der Waals surface area contributed by atoms with Crippen LogP contribution < -0.4 is 5.32 Å². The first-order valence-electron chi connectivity index (χ1n) is 8.30. The molecule has 6 heteroatoms. The zero-order valence-electron chi connectivity index (χ0n) is 14.9. The Bertz CT molecular complexity index is 707. The first-order valence-corrected chi connectivity index (χ1v) is 8.30. The molecule has 1 aromatic carbocycles. The van der Waals surface area contributed by atoms with Gasteiger partial charge in [0.1, 0.15) is 5.82 Å². The van der Waals surface area contributed by atoms with Gasteiger partial charge in [-0.3, -0.25) is 4.79 Å². The van der Waals surface area contributed by atoms with Crippen molar-refractivity contribution < 1.29 is 9.90 Å². The highest BCUT2D eigenvalue weighted by Gasteiger charge is 2.18. The van der Waals surface area contributed by atoms with E-state index in [1.807, 2.05) is 39.0 Å². The summed E-state index contributed by atoms with van der Waals surface area (Å²) >= 11 is 0. The van der Waals surface area contributed by atoms with Crippen molar-refractivity contribution in [2.45, 2.75) is 46.6 Å². The molecule has 0 aliphatic rings. The molecule has 1 aromatic heterocycles. The fourth-order valence-electron chi connectivity index (χ4n) is 2.40. The summed E-state index contributed by atoms with van der Waals surface area (Å²) in [4.78, 5) is 16.5. The lowest BCUT2D eigenvalue weighted by molar-refractivity contribution is 0.0862. The van der Waals surface area contributed by atoms with Crippen LogP contribution in [-0.4, -0.2) is 38.4 Å². The van der Waals surface area contributed by atoms with Crippen LogP contribution in [0.4, 0.5) is 0 Å². The minimum Gasteiger partial charge on any atom is -0.391 e. The highest BCUT2D eigenvalue weighted by Crippen LogP contribution is 2.23. The van der Waals surface area contributed by atoms with E-state index >= 15 is 0 Å². The SMILES string of the molecule is Cc1nc(C(=O)NCC(O)C(C)C)nn1-c1ccccc1C(C)C. The van der Waals surface area contributed by atoms with Crippen LogP contribution >= 0.6 is 0 Å². The van der Waals surface area contributed by atoms with E-state index in [2.05, 4.69) is 35.3 Å². The molecule has 0 aliphatic heterocycles. The van der Waals surface area contributed by atoms with Crippen LogP contribution in [0.5, 0.6) is 0 Å². The molecule has 0 bridgehead atoms. The lowest BCUT2D eigenvalue weighted by atomic mass is 10.0. The third-order valence-corrected chi connectivity index (χ3v) is 4.00. The second-order valence-electron chi connectivity index (χ2n) is 6.63. The predicted molar refractivity (Wildman–Crippen MR) is 93.4 cm³/mol. The fraction of sp³-hybridized carbons (Fsp3) is 0.500. The van der Waals surface area contributed by atoms with E-state index in [-0.39, 0.29) is 24.2 Å². The molecule has 1 heterocycles. The van der Waals surface area contributed by atoms with Crippen molar-refractivity contribution in [3.05, 3.63) is 41.5 Å². The number of aliphatic hydroxyl groups is 1. The molecule has 1 amide bonds. The number of carbonyl (C=O) groups excluding carboxylic acids is 1. The number of hydrogen-bond acceptors (Lipinski definition) is 4.